The van der Waals surface area contributed by atoms with Gasteiger partial charge in [0.25, 0.3) is 0 Å². The first-order valence-electron chi connectivity index (χ1n) is 5.94. The van der Waals surface area contributed by atoms with Crippen LogP contribution in [-0.4, -0.2) is 30.3 Å². The van der Waals surface area contributed by atoms with Gasteiger partial charge in [-0.2, -0.15) is 0 Å². The van der Waals surface area contributed by atoms with Crippen LogP contribution < -0.4 is 0 Å². The second kappa shape index (κ2) is 6.18. The number of rotatable bonds is 5. The highest BCUT2D eigenvalue weighted by molar-refractivity contribution is 5.75. The molecule has 1 rings (SSSR count). The number of ketones is 1. The molecule has 0 amide bonds. The van der Waals surface area contributed by atoms with Crippen molar-refractivity contribution in [3.05, 3.63) is 0 Å². The molecule has 2 heteroatoms. The number of nitrogens with zero attached hydrogens (tertiary/aromatic N) is 1. The van der Waals surface area contributed by atoms with Crippen molar-refractivity contribution in [3.8, 4) is 0 Å². The Bertz CT molecular complexity index is 179. The van der Waals surface area contributed by atoms with E-state index in [0.717, 1.165) is 25.3 Å². The molecule has 0 radical (unpaired) electrons. The molecule has 0 bridgehead atoms. The van der Waals surface area contributed by atoms with Crippen LogP contribution in [0.1, 0.15) is 46.0 Å². The molecule has 0 saturated carbocycles. The number of carbonyl (C=O) groups excluding carboxylic acids is 1. The van der Waals surface area contributed by atoms with Gasteiger partial charge >= 0.3 is 0 Å². The van der Waals surface area contributed by atoms with Crippen LogP contribution >= 0.6 is 0 Å². The molecule has 1 unspecified atom stereocenters. The van der Waals surface area contributed by atoms with Gasteiger partial charge in [0.05, 0.1) is 0 Å². The van der Waals surface area contributed by atoms with Crippen LogP contribution in [0.15, 0.2) is 0 Å². The van der Waals surface area contributed by atoms with E-state index in [0.29, 0.717) is 5.78 Å². The van der Waals surface area contributed by atoms with Crippen molar-refractivity contribution >= 4 is 5.78 Å². The smallest absolute Gasteiger partial charge is 0.129 e. The maximum absolute atomic E-state index is 10.8. The van der Waals surface area contributed by atoms with E-state index >= 15 is 0 Å². The van der Waals surface area contributed by atoms with Gasteiger partial charge in [-0.05, 0) is 45.2 Å². The molecule has 0 aromatic rings. The first-order valence-corrected chi connectivity index (χ1v) is 5.94. The fourth-order valence-electron chi connectivity index (χ4n) is 2.24. The minimum absolute atomic E-state index is 0.328. The Hall–Kier alpha value is -0.370. The van der Waals surface area contributed by atoms with E-state index < -0.39 is 0 Å². The van der Waals surface area contributed by atoms with Gasteiger partial charge < -0.3 is 9.69 Å². The Kier molecular flexibility index (Phi) is 5.16. The third-order valence-corrected chi connectivity index (χ3v) is 3.18. The van der Waals surface area contributed by atoms with E-state index in [4.69, 9.17) is 0 Å². The summed E-state index contributed by atoms with van der Waals surface area (Å²) in [6, 6.07) is 0. The summed E-state index contributed by atoms with van der Waals surface area (Å²) in [5.41, 5.74) is 0. The summed E-state index contributed by atoms with van der Waals surface area (Å²) < 4.78 is 0. The molecule has 0 N–H and O–H groups in total. The second-order valence-electron chi connectivity index (χ2n) is 4.52. The Morgan fingerprint density at radius 3 is 2.93 bits per heavy atom. The summed E-state index contributed by atoms with van der Waals surface area (Å²) >= 11 is 0. The van der Waals surface area contributed by atoms with Gasteiger partial charge in [-0.25, -0.2) is 0 Å². The first kappa shape index (κ1) is 11.7. The van der Waals surface area contributed by atoms with Gasteiger partial charge in [0.2, 0.25) is 0 Å². The molecule has 14 heavy (non-hydrogen) atoms. The SMILES string of the molecule is CCC1CCCN(CCCC(C)=O)C1. The normalized spacial score (nSPS) is 23.7. The first-order chi connectivity index (χ1) is 6.72. The molecule has 1 atom stereocenters. The quantitative estimate of drug-likeness (QED) is 0.675. The summed E-state index contributed by atoms with van der Waals surface area (Å²) in [5.74, 6) is 1.23. The van der Waals surface area contributed by atoms with Crippen molar-refractivity contribution in [1.82, 2.24) is 4.90 Å². The largest absolute Gasteiger partial charge is 0.303 e. The zero-order chi connectivity index (χ0) is 10.4. The molecule has 0 spiro atoms. The second-order valence-corrected chi connectivity index (χ2v) is 4.52. The Morgan fingerprint density at radius 2 is 2.29 bits per heavy atom. The average Bonchev–Trinajstić information content (AvgIpc) is 2.18. The predicted molar refractivity (Wildman–Crippen MR) is 59.4 cm³/mol. The van der Waals surface area contributed by atoms with Gasteiger partial charge in [-0.1, -0.05) is 13.3 Å². The van der Waals surface area contributed by atoms with E-state index in [1.54, 1.807) is 6.92 Å². The van der Waals surface area contributed by atoms with Crippen LogP contribution in [0.4, 0.5) is 0 Å². The predicted octanol–water partition coefficient (Wildman–Crippen LogP) is 2.48. The van der Waals surface area contributed by atoms with Crippen molar-refractivity contribution in [1.29, 1.82) is 0 Å². The molecule has 1 saturated heterocycles. The highest BCUT2D eigenvalue weighted by atomic mass is 16.1. The van der Waals surface area contributed by atoms with Gasteiger partial charge in [0, 0.05) is 13.0 Å². The number of hydrogen-bond acceptors (Lipinski definition) is 2. The number of hydrogen-bond donors (Lipinski definition) is 0. The summed E-state index contributed by atoms with van der Waals surface area (Å²) in [6.07, 6.45) is 5.86. The summed E-state index contributed by atoms with van der Waals surface area (Å²) in [7, 11) is 0. The lowest BCUT2D eigenvalue weighted by molar-refractivity contribution is -0.117. The number of likely N-dealkylation sites (tertiary alicyclic amines) is 1. The van der Waals surface area contributed by atoms with Crippen LogP contribution in [-0.2, 0) is 4.79 Å². The number of piperidine rings is 1. The third-order valence-electron chi connectivity index (χ3n) is 3.18. The van der Waals surface area contributed by atoms with Crippen LogP contribution in [0.5, 0.6) is 0 Å². The molecule has 2 nitrogen and oxygen atoms in total. The fraction of sp³-hybridized carbons (Fsp3) is 0.917. The molecule has 82 valence electrons. The van der Waals surface area contributed by atoms with Crippen LogP contribution in [0.2, 0.25) is 0 Å². The Balaban J connectivity index is 2.14. The summed E-state index contributed by atoms with van der Waals surface area (Å²) in [4.78, 5) is 13.3. The van der Waals surface area contributed by atoms with E-state index in [9.17, 15) is 4.79 Å². The standard InChI is InChI=1S/C12H23NO/c1-3-12-7-5-9-13(10-12)8-4-6-11(2)14/h12H,3-10H2,1-2H3. The fourth-order valence-corrected chi connectivity index (χ4v) is 2.24. The summed E-state index contributed by atoms with van der Waals surface area (Å²) in [6.45, 7) is 7.59. The van der Waals surface area contributed by atoms with Crippen molar-refractivity contribution in [2.75, 3.05) is 19.6 Å². The van der Waals surface area contributed by atoms with Crippen LogP contribution in [0.3, 0.4) is 0 Å². The van der Waals surface area contributed by atoms with E-state index in [1.807, 2.05) is 0 Å². The Morgan fingerprint density at radius 1 is 1.50 bits per heavy atom. The minimum atomic E-state index is 0.328. The molecule has 0 aliphatic carbocycles. The van der Waals surface area contributed by atoms with Crippen LogP contribution in [0, 0.1) is 5.92 Å². The highest BCUT2D eigenvalue weighted by Gasteiger charge is 2.17. The topological polar surface area (TPSA) is 20.3 Å². The van der Waals surface area contributed by atoms with Crippen molar-refractivity contribution in [3.63, 3.8) is 0 Å². The van der Waals surface area contributed by atoms with Crippen LogP contribution in [0.25, 0.3) is 0 Å². The number of Topliss-reactive ketones (excluding diaryl/α,β-unsaturated/α-hetero) is 1. The van der Waals surface area contributed by atoms with E-state index in [-0.39, 0.29) is 0 Å². The monoisotopic (exact) mass is 197 g/mol. The molecular formula is C12H23NO. The van der Waals surface area contributed by atoms with Crippen molar-refractivity contribution in [2.45, 2.75) is 46.0 Å². The lowest BCUT2D eigenvalue weighted by Gasteiger charge is -2.32. The highest BCUT2D eigenvalue weighted by Crippen LogP contribution is 2.19. The molecule has 1 aliphatic rings. The third kappa shape index (κ3) is 4.23. The van der Waals surface area contributed by atoms with E-state index in [2.05, 4.69) is 11.8 Å². The molecule has 0 aromatic carbocycles. The Labute approximate surface area is 87.7 Å². The molecule has 1 fully saturated rings. The van der Waals surface area contributed by atoms with Gasteiger partial charge in [0.1, 0.15) is 5.78 Å². The lowest BCUT2D eigenvalue weighted by atomic mass is 9.95. The molecule has 1 aliphatic heterocycles. The van der Waals surface area contributed by atoms with Crippen molar-refractivity contribution in [2.24, 2.45) is 5.92 Å². The minimum Gasteiger partial charge on any atom is -0.303 e. The van der Waals surface area contributed by atoms with Gasteiger partial charge in [-0.15, -0.1) is 0 Å². The lowest BCUT2D eigenvalue weighted by Crippen LogP contribution is -2.35. The average molecular weight is 197 g/mol. The van der Waals surface area contributed by atoms with Gasteiger partial charge in [0.15, 0.2) is 0 Å². The maximum atomic E-state index is 10.8. The zero-order valence-electron chi connectivity index (χ0n) is 9.59. The van der Waals surface area contributed by atoms with E-state index in [1.165, 1.54) is 32.4 Å². The molecule has 1 heterocycles. The number of carbonyl (C=O) groups is 1. The molecule has 0 aromatic heterocycles. The van der Waals surface area contributed by atoms with Crippen molar-refractivity contribution < 1.29 is 4.79 Å². The molecular weight excluding hydrogens is 174 g/mol. The summed E-state index contributed by atoms with van der Waals surface area (Å²) in [5, 5.41) is 0. The van der Waals surface area contributed by atoms with Gasteiger partial charge in [-0.3, -0.25) is 0 Å². The zero-order valence-corrected chi connectivity index (χ0v) is 9.59. The maximum Gasteiger partial charge on any atom is 0.129 e.